The lowest BCUT2D eigenvalue weighted by Crippen LogP contribution is -2.49. The smallest absolute Gasteiger partial charge is 0.411 e. The fourth-order valence-electron chi connectivity index (χ4n) is 3.59. The molecule has 8 heteroatoms. The van der Waals surface area contributed by atoms with Gasteiger partial charge in [-0.05, 0) is 42.3 Å². The van der Waals surface area contributed by atoms with Crippen molar-refractivity contribution in [3.05, 3.63) is 65.5 Å². The summed E-state index contributed by atoms with van der Waals surface area (Å²) < 4.78 is 47.9. The quantitative estimate of drug-likeness (QED) is 0.726. The van der Waals surface area contributed by atoms with Crippen LogP contribution >= 0.6 is 0 Å². The van der Waals surface area contributed by atoms with Crippen molar-refractivity contribution < 1.29 is 32.5 Å². The van der Waals surface area contributed by atoms with E-state index >= 15 is 0 Å². The summed E-state index contributed by atoms with van der Waals surface area (Å²) in [5.74, 6) is -0.361. The summed E-state index contributed by atoms with van der Waals surface area (Å²) in [7, 11) is 0. The predicted octanol–water partition coefficient (Wildman–Crippen LogP) is 4.61. The van der Waals surface area contributed by atoms with Crippen molar-refractivity contribution in [2.75, 3.05) is 13.2 Å². The van der Waals surface area contributed by atoms with Gasteiger partial charge in [-0.1, -0.05) is 24.3 Å². The standard InChI is InChI=1S/C21H22F3NO4/c1-14(15-2-8-18(9-3-15)28-19(23)24)25-12-10-21(11-13-26,29-20(25)27)16-4-6-17(22)7-5-16/h2-9,14,19,26H,10-13H2,1H3/t14?,21-/m0/s1. The highest BCUT2D eigenvalue weighted by atomic mass is 19.3. The lowest BCUT2D eigenvalue weighted by atomic mass is 9.85. The molecule has 2 atom stereocenters. The topological polar surface area (TPSA) is 59.0 Å². The van der Waals surface area contributed by atoms with Gasteiger partial charge in [0, 0.05) is 26.0 Å². The maximum atomic E-state index is 13.3. The lowest BCUT2D eigenvalue weighted by Gasteiger charge is -2.43. The van der Waals surface area contributed by atoms with E-state index in [1.165, 1.54) is 29.2 Å². The van der Waals surface area contributed by atoms with Crippen molar-refractivity contribution in [3.63, 3.8) is 0 Å². The van der Waals surface area contributed by atoms with Gasteiger partial charge in [0.2, 0.25) is 0 Å². The molecular formula is C21H22F3NO4. The molecule has 0 saturated carbocycles. The number of aliphatic hydroxyl groups is 1. The van der Waals surface area contributed by atoms with Crippen LogP contribution in [0.3, 0.4) is 0 Å². The predicted molar refractivity (Wildman–Crippen MR) is 99.1 cm³/mol. The highest BCUT2D eigenvalue weighted by Gasteiger charge is 2.43. The number of cyclic esters (lactones) is 1. The number of carbonyl (C=O) groups excluding carboxylic acids is 1. The van der Waals surface area contributed by atoms with E-state index in [0.29, 0.717) is 18.5 Å². The minimum Gasteiger partial charge on any atom is -0.438 e. The highest BCUT2D eigenvalue weighted by Crippen LogP contribution is 2.39. The van der Waals surface area contributed by atoms with E-state index in [1.807, 2.05) is 0 Å². The van der Waals surface area contributed by atoms with E-state index in [-0.39, 0.29) is 24.8 Å². The van der Waals surface area contributed by atoms with Crippen molar-refractivity contribution in [1.29, 1.82) is 0 Å². The number of halogens is 3. The van der Waals surface area contributed by atoms with Gasteiger partial charge in [0.15, 0.2) is 0 Å². The van der Waals surface area contributed by atoms with E-state index in [2.05, 4.69) is 4.74 Å². The molecule has 1 N–H and O–H groups in total. The van der Waals surface area contributed by atoms with E-state index in [1.54, 1.807) is 31.2 Å². The van der Waals surface area contributed by atoms with Crippen LogP contribution in [-0.2, 0) is 10.3 Å². The average Bonchev–Trinajstić information content (AvgIpc) is 2.68. The number of nitrogens with zero attached hydrogens (tertiary/aromatic N) is 1. The molecule has 1 fully saturated rings. The van der Waals surface area contributed by atoms with Gasteiger partial charge in [-0.25, -0.2) is 9.18 Å². The van der Waals surface area contributed by atoms with Crippen molar-refractivity contribution >= 4 is 6.09 Å². The van der Waals surface area contributed by atoms with Crippen LogP contribution in [0.1, 0.15) is 36.9 Å². The Morgan fingerprint density at radius 3 is 2.38 bits per heavy atom. The Morgan fingerprint density at radius 2 is 1.83 bits per heavy atom. The third kappa shape index (κ3) is 4.64. The minimum atomic E-state index is -2.90. The second-order valence-corrected chi connectivity index (χ2v) is 6.91. The molecule has 0 aliphatic carbocycles. The average molecular weight is 409 g/mol. The fraction of sp³-hybridized carbons (Fsp3) is 0.381. The molecule has 2 aromatic rings. The number of amides is 1. The molecule has 1 saturated heterocycles. The van der Waals surface area contributed by atoms with Crippen LogP contribution in [0, 0.1) is 5.82 Å². The Bertz CT molecular complexity index is 829. The molecule has 3 rings (SSSR count). The number of rotatable bonds is 7. The van der Waals surface area contributed by atoms with Crippen molar-refractivity contribution in [1.82, 2.24) is 4.90 Å². The maximum Gasteiger partial charge on any atom is 0.411 e. The molecule has 0 aromatic heterocycles. The monoisotopic (exact) mass is 409 g/mol. The zero-order chi connectivity index (χ0) is 21.0. The number of benzene rings is 2. The van der Waals surface area contributed by atoms with Crippen LogP contribution in [0.2, 0.25) is 0 Å². The molecule has 0 radical (unpaired) electrons. The summed E-state index contributed by atoms with van der Waals surface area (Å²) in [5.41, 5.74) is 0.340. The van der Waals surface area contributed by atoms with Crippen LogP contribution < -0.4 is 4.74 Å². The number of ether oxygens (including phenoxy) is 2. The highest BCUT2D eigenvalue weighted by molar-refractivity contribution is 5.70. The molecule has 156 valence electrons. The number of alkyl halides is 2. The number of hydrogen-bond donors (Lipinski definition) is 1. The summed E-state index contributed by atoms with van der Waals surface area (Å²) in [5, 5.41) is 9.48. The van der Waals surface area contributed by atoms with Gasteiger partial charge in [-0.15, -0.1) is 0 Å². The number of aliphatic hydroxyl groups excluding tert-OH is 1. The molecule has 0 spiro atoms. The first-order valence-corrected chi connectivity index (χ1v) is 9.26. The van der Waals surface area contributed by atoms with Gasteiger partial charge < -0.3 is 19.5 Å². The normalized spacial score (nSPS) is 20.5. The lowest BCUT2D eigenvalue weighted by molar-refractivity contribution is -0.0718. The van der Waals surface area contributed by atoms with Crippen molar-refractivity contribution in [3.8, 4) is 5.75 Å². The minimum absolute atomic E-state index is 0.0374. The van der Waals surface area contributed by atoms with E-state index in [0.717, 1.165) is 5.56 Å². The number of hydrogen-bond acceptors (Lipinski definition) is 4. The Balaban J connectivity index is 1.75. The second-order valence-electron chi connectivity index (χ2n) is 6.91. The molecule has 29 heavy (non-hydrogen) atoms. The zero-order valence-corrected chi connectivity index (χ0v) is 15.9. The van der Waals surface area contributed by atoms with Crippen LogP contribution in [0.25, 0.3) is 0 Å². The molecule has 1 amide bonds. The Hall–Kier alpha value is -2.74. The summed E-state index contributed by atoms with van der Waals surface area (Å²) in [6.45, 7) is -0.930. The van der Waals surface area contributed by atoms with Crippen LogP contribution in [0.15, 0.2) is 48.5 Å². The molecule has 1 heterocycles. The summed E-state index contributed by atoms with van der Waals surface area (Å²) in [4.78, 5) is 14.3. The first-order valence-electron chi connectivity index (χ1n) is 9.26. The van der Waals surface area contributed by atoms with Gasteiger partial charge in [-0.3, -0.25) is 0 Å². The van der Waals surface area contributed by atoms with E-state index in [4.69, 9.17) is 4.74 Å². The van der Waals surface area contributed by atoms with Gasteiger partial charge >= 0.3 is 12.7 Å². The van der Waals surface area contributed by atoms with Gasteiger partial charge in [0.05, 0.1) is 6.04 Å². The molecule has 2 aromatic carbocycles. The molecule has 0 bridgehead atoms. The van der Waals surface area contributed by atoms with Crippen molar-refractivity contribution in [2.45, 2.75) is 38.0 Å². The van der Waals surface area contributed by atoms with E-state index in [9.17, 15) is 23.1 Å². The third-order valence-electron chi connectivity index (χ3n) is 5.21. The van der Waals surface area contributed by atoms with Crippen LogP contribution in [-0.4, -0.2) is 35.9 Å². The van der Waals surface area contributed by atoms with Gasteiger partial charge in [0.25, 0.3) is 0 Å². The first-order chi connectivity index (χ1) is 13.8. The zero-order valence-electron chi connectivity index (χ0n) is 15.9. The van der Waals surface area contributed by atoms with Crippen LogP contribution in [0.5, 0.6) is 5.75 Å². The Morgan fingerprint density at radius 1 is 1.17 bits per heavy atom. The molecule has 1 unspecified atom stereocenters. The molecule has 1 aliphatic heterocycles. The maximum absolute atomic E-state index is 13.3. The summed E-state index contributed by atoms with van der Waals surface area (Å²) >= 11 is 0. The van der Waals surface area contributed by atoms with Gasteiger partial charge in [-0.2, -0.15) is 8.78 Å². The van der Waals surface area contributed by atoms with Crippen molar-refractivity contribution in [2.24, 2.45) is 0 Å². The van der Waals surface area contributed by atoms with E-state index < -0.39 is 24.1 Å². The third-order valence-corrected chi connectivity index (χ3v) is 5.21. The summed E-state index contributed by atoms with van der Waals surface area (Å²) in [6, 6.07) is 11.4. The summed E-state index contributed by atoms with van der Waals surface area (Å²) in [6.07, 6.45) is 0.0584. The fourth-order valence-corrected chi connectivity index (χ4v) is 3.59. The molecule has 1 aliphatic rings. The Labute approximate surface area is 166 Å². The second kappa shape index (κ2) is 8.73. The SMILES string of the molecule is CC(c1ccc(OC(F)F)cc1)N1CC[C@](CCO)(c2ccc(F)cc2)OC1=O. The molecular weight excluding hydrogens is 387 g/mol. The first kappa shape index (κ1) is 21.0. The Kier molecular flexibility index (Phi) is 6.32. The van der Waals surface area contributed by atoms with Crippen LogP contribution in [0.4, 0.5) is 18.0 Å². The largest absolute Gasteiger partial charge is 0.438 e. The molecule has 5 nitrogen and oxygen atoms in total. The number of carbonyl (C=O) groups is 1. The van der Waals surface area contributed by atoms with Gasteiger partial charge in [0.1, 0.15) is 17.2 Å².